The molecule has 0 aliphatic rings. The van der Waals surface area contributed by atoms with Gasteiger partial charge < -0.3 is 20.1 Å². The maximum Gasteiger partial charge on any atom is 0.323 e. The molecule has 0 bridgehead atoms. The highest BCUT2D eigenvalue weighted by Crippen LogP contribution is 2.22. The maximum atomic E-state index is 11.4. The van der Waals surface area contributed by atoms with Gasteiger partial charge in [0.2, 0.25) is 0 Å². The fourth-order valence-electron chi connectivity index (χ4n) is 2.44. The van der Waals surface area contributed by atoms with Crippen LogP contribution < -0.4 is 15.0 Å². The summed E-state index contributed by atoms with van der Waals surface area (Å²) in [5.74, 6) is 0.0412. The van der Waals surface area contributed by atoms with Crippen LogP contribution in [-0.2, 0) is 4.79 Å². The summed E-state index contributed by atoms with van der Waals surface area (Å²) in [6, 6.07) is 7.85. The molecule has 0 aromatic heterocycles. The molecule has 1 rings (SSSR count). The molecular formula is C16H26N2O3. The lowest BCUT2D eigenvalue weighted by molar-refractivity contribution is -0.145. The van der Waals surface area contributed by atoms with Crippen molar-refractivity contribution in [3.8, 4) is 5.75 Å². The number of anilines is 1. The summed E-state index contributed by atoms with van der Waals surface area (Å²) >= 11 is 0. The van der Waals surface area contributed by atoms with Crippen molar-refractivity contribution in [2.75, 3.05) is 32.6 Å². The summed E-state index contributed by atoms with van der Waals surface area (Å²) in [5, 5.41) is 12.3. The van der Waals surface area contributed by atoms with Crippen LogP contribution >= 0.6 is 0 Å². The van der Waals surface area contributed by atoms with Crippen LogP contribution in [0.25, 0.3) is 0 Å². The van der Waals surface area contributed by atoms with Crippen molar-refractivity contribution >= 4 is 11.7 Å². The number of hydrogen-bond acceptors (Lipinski definition) is 4. The number of nitrogens with zero attached hydrogens (tertiary/aromatic N) is 1. The molecule has 0 aliphatic heterocycles. The van der Waals surface area contributed by atoms with Crippen LogP contribution in [0.3, 0.4) is 0 Å². The third kappa shape index (κ3) is 4.36. The summed E-state index contributed by atoms with van der Waals surface area (Å²) < 4.78 is 5.22. The van der Waals surface area contributed by atoms with Gasteiger partial charge in [-0.05, 0) is 38.4 Å². The zero-order valence-electron chi connectivity index (χ0n) is 13.3. The van der Waals surface area contributed by atoms with E-state index in [1.54, 1.807) is 14.2 Å². The van der Waals surface area contributed by atoms with Crippen LogP contribution in [0.5, 0.6) is 5.75 Å². The lowest BCUT2D eigenvalue weighted by atomic mass is 9.90. The van der Waals surface area contributed by atoms with Gasteiger partial charge in [-0.25, -0.2) is 0 Å². The van der Waals surface area contributed by atoms with Crippen molar-refractivity contribution in [3.63, 3.8) is 0 Å². The standard InChI is InChI=1S/C16H26N2O3/c1-5-16(17-2,15(19)20)10-7-11-18(3)13-8-6-9-14(12-13)21-4/h6,8-9,12,17H,5,7,10-11H2,1-4H3,(H,19,20). The Bertz CT molecular complexity index is 459. The SMILES string of the molecule is CCC(CCCN(C)c1cccc(OC)c1)(NC)C(=O)O. The summed E-state index contributed by atoms with van der Waals surface area (Å²) in [5.41, 5.74) is 0.242. The second-order valence-electron chi connectivity index (χ2n) is 5.22. The second-order valence-corrected chi connectivity index (χ2v) is 5.22. The quantitative estimate of drug-likeness (QED) is 0.732. The van der Waals surface area contributed by atoms with Crippen molar-refractivity contribution < 1.29 is 14.6 Å². The largest absolute Gasteiger partial charge is 0.497 e. The first kappa shape index (κ1) is 17.3. The van der Waals surface area contributed by atoms with E-state index < -0.39 is 11.5 Å². The number of carboxylic acids is 1. The first-order valence-corrected chi connectivity index (χ1v) is 7.26. The third-order valence-electron chi connectivity index (χ3n) is 4.08. The fourth-order valence-corrected chi connectivity index (χ4v) is 2.44. The number of methoxy groups -OCH3 is 1. The highest BCUT2D eigenvalue weighted by atomic mass is 16.5. The van der Waals surface area contributed by atoms with E-state index in [1.807, 2.05) is 38.2 Å². The minimum absolute atomic E-state index is 0.571. The molecule has 1 aromatic carbocycles. The molecule has 5 heteroatoms. The maximum absolute atomic E-state index is 11.4. The number of nitrogens with one attached hydrogen (secondary N) is 1. The van der Waals surface area contributed by atoms with Crippen molar-refractivity contribution in [1.29, 1.82) is 0 Å². The highest BCUT2D eigenvalue weighted by Gasteiger charge is 2.34. The van der Waals surface area contributed by atoms with E-state index in [4.69, 9.17) is 4.74 Å². The molecule has 1 unspecified atom stereocenters. The van der Waals surface area contributed by atoms with E-state index in [2.05, 4.69) is 10.2 Å². The van der Waals surface area contributed by atoms with Crippen LogP contribution in [0.15, 0.2) is 24.3 Å². The Morgan fingerprint density at radius 1 is 1.48 bits per heavy atom. The molecule has 2 N–H and O–H groups in total. The Morgan fingerprint density at radius 3 is 2.71 bits per heavy atom. The monoisotopic (exact) mass is 294 g/mol. The van der Waals surface area contributed by atoms with Gasteiger partial charge in [-0.1, -0.05) is 13.0 Å². The zero-order chi connectivity index (χ0) is 15.9. The van der Waals surface area contributed by atoms with Crippen molar-refractivity contribution in [2.45, 2.75) is 31.7 Å². The zero-order valence-corrected chi connectivity index (χ0v) is 13.3. The molecule has 0 saturated heterocycles. The first-order valence-electron chi connectivity index (χ1n) is 7.26. The Kier molecular flexibility index (Phi) is 6.49. The van der Waals surface area contributed by atoms with Crippen LogP contribution in [0, 0.1) is 0 Å². The first-order chi connectivity index (χ1) is 9.99. The molecule has 0 heterocycles. The predicted octanol–water partition coefficient (Wildman–Crippen LogP) is 2.36. The van der Waals surface area contributed by atoms with Gasteiger partial charge in [-0.3, -0.25) is 4.79 Å². The molecule has 0 aliphatic carbocycles. The molecule has 1 atom stereocenters. The molecule has 0 fully saturated rings. The molecular weight excluding hydrogens is 268 g/mol. The summed E-state index contributed by atoms with van der Waals surface area (Å²) in [6.07, 6.45) is 1.97. The van der Waals surface area contributed by atoms with Crippen LogP contribution in [0.2, 0.25) is 0 Å². The summed E-state index contributed by atoms with van der Waals surface area (Å²) in [4.78, 5) is 13.5. The van der Waals surface area contributed by atoms with Crippen molar-refractivity contribution in [3.05, 3.63) is 24.3 Å². The lowest BCUT2D eigenvalue weighted by Crippen LogP contribution is -2.50. The van der Waals surface area contributed by atoms with Gasteiger partial charge in [0.15, 0.2) is 0 Å². The summed E-state index contributed by atoms with van der Waals surface area (Å²) in [7, 11) is 5.36. The van der Waals surface area contributed by atoms with Gasteiger partial charge in [-0.2, -0.15) is 0 Å². The molecule has 0 amide bonds. The highest BCUT2D eigenvalue weighted by molar-refractivity contribution is 5.78. The van der Waals surface area contributed by atoms with Gasteiger partial charge in [0.05, 0.1) is 7.11 Å². The van der Waals surface area contributed by atoms with Crippen molar-refractivity contribution in [1.82, 2.24) is 5.32 Å². The van der Waals surface area contributed by atoms with Crippen LogP contribution in [-0.4, -0.2) is 44.4 Å². The topological polar surface area (TPSA) is 61.8 Å². The van der Waals surface area contributed by atoms with Gasteiger partial charge in [0.1, 0.15) is 11.3 Å². The van der Waals surface area contributed by atoms with E-state index in [0.717, 1.165) is 24.4 Å². The number of likely N-dealkylation sites (N-methyl/N-ethyl adjacent to an activating group) is 1. The number of ether oxygens (including phenoxy) is 1. The molecule has 0 spiro atoms. The van der Waals surface area contributed by atoms with Gasteiger partial charge >= 0.3 is 5.97 Å². The number of rotatable bonds is 9. The second kappa shape index (κ2) is 7.88. The third-order valence-corrected chi connectivity index (χ3v) is 4.08. The number of aliphatic carboxylic acids is 1. The van der Waals surface area contributed by atoms with E-state index in [9.17, 15) is 9.90 Å². The molecule has 5 nitrogen and oxygen atoms in total. The van der Waals surface area contributed by atoms with Gasteiger partial charge in [0, 0.05) is 25.3 Å². The van der Waals surface area contributed by atoms with Crippen LogP contribution in [0.4, 0.5) is 5.69 Å². The Morgan fingerprint density at radius 2 is 2.19 bits per heavy atom. The van der Waals surface area contributed by atoms with Crippen LogP contribution in [0.1, 0.15) is 26.2 Å². The Hall–Kier alpha value is -1.75. The van der Waals surface area contributed by atoms with Crippen molar-refractivity contribution in [2.24, 2.45) is 0 Å². The van der Waals surface area contributed by atoms with Gasteiger partial charge in [0.25, 0.3) is 0 Å². The minimum atomic E-state index is -0.824. The molecule has 0 radical (unpaired) electrons. The Balaban J connectivity index is 2.60. The molecule has 1 aromatic rings. The fraction of sp³-hybridized carbons (Fsp3) is 0.562. The smallest absolute Gasteiger partial charge is 0.323 e. The predicted molar refractivity (Wildman–Crippen MR) is 85.2 cm³/mol. The normalized spacial score (nSPS) is 13.5. The van der Waals surface area contributed by atoms with E-state index in [0.29, 0.717) is 12.8 Å². The number of carboxylic acid groups (broad SMARTS) is 1. The van der Waals surface area contributed by atoms with E-state index >= 15 is 0 Å². The van der Waals surface area contributed by atoms with Gasteiger partial charge in [-0.15, -0.1) is 0 Å². The minimum Gasteiger partial charge on any atom is -0.497 e. The number of hydrogen-bond donors (Lipinski definition) is 2. The van der Waals surface area contributed by atoms with E-state index in [-0.39, 0.29) is 0 Å². The molecule has 0 saturated carbocycles. The molecule has 21 heavy (non-hydrogen) atoms. The Labute approximate surface area is 126 Å². The average molecular weight is 294 g/mol. The lowest BCUT2D eigenvalue weighted by Gasteiger charge is -2.29. The number of carbonyl (C=O) groups is 1. The molecule has 118 valence electrons. The number of benzene rings is 1. The van der Waals surface area contributed by atoms with E-state index in [1.165, 1.54) is 0 Å². The summed E-state index contributed by atoms with van der Waals surface area (Å²) in [6.45, 7) is 2.69. The average Bonchev–Trinajstić information content (AvgIpc) is 2.51.